The van der Waals surface area contributed by atoms with Gasteiger partial charge in [0.2, 0.25) is 0 Å². The van der Waals surface area contributed by atoms with Crippen molar-refractivity contribution < 1.29 is 13.8 Å². The van der Waals surface area contributed by atoms with Crippen molar-refractivity contribution in [3.8, 4) is 5.75 Å². The van der Waals surface area contributed by atoms with E-state index >= 15 is 0 Å². The van der Waals surface area contributed by atoms with Gasteiger partial charge in [-0.15, -0.1) is 0 Å². The van der Waals surface area contributed by atoms with Gasteiger partial charge in [-0.05, 0) is 19.1 Å². The van der Waals surface area contributed by atoms with Crippen LogP contribution in [0.25, 0.3) is 0 Å². The van der Waals surface area contributed by atoms with E-state index in [0.717, 1.165) is 0 Å². The van der Waals surface area contributed by atoms with Gasteiger partial charge in [0, 0.05) is 11.8 Å². The molecule has 0 aliphatic rings. The summed E-state index contributed by atoms with van der Waals surface area (Å²) in [5.41, 5.74) is 6.92. The first-order valence-electron chi connectivity index (χ1n) is 4.62. The van der Waals surface area contributed by atoms with Crippen LogP contribution in [0.4, 0.5) is 10.1 Å². The molecule has 0 aliphatic carbocycles. The quantitative estimate of drug-likeness (QED) is 0.801. The maximum Gasteiger partial charge on any atom is 0.167 e. The van der Waals surface area contributed by atoms with Crippen LogP contribution in [0.15, 0.2) is 22.8 Å². The van der Waals surface area contributed by atoms with Gasteiger partial charge in [-0.1, -0.05) is 10.3 Å². The molecule has 1 aromatic carbocycles. The molecule has 0 atom stereocenters. The summed E-state index contributed by atoms with van der Waals surface area (Å²) in [6.45, 7) is 1.84. The fourth-order valence-corrected chi connectivity index (χ4v) is 1.16. The van der Waals surface area contributed by atoms with Gasteiger partial charge in [0.1, 0.15) is 18.0 Å². The number of nitrogens with zero attached hydrogens (tertiary/aromatic N) is 2. The van der Waals surface area contributed by atoms with Gasteiger partial charge in [0.25, 0.3) is 0 Å². The van der Waals surface area contributed by atoms with E-state index in [1.807, 2.05) is 0 Å². The average molecular weight is 223 g/mol. The molecule has 0 aliphatic heterocycles. The van der Waals surface area contributed by atoms with E-state index in [4.69, 9.17) is 10.5 Å². The summed E-state index contributed by atoms with van der Waals surface area (Å²) in [5.74, 6) is -0.384. The number of nitrogen functional groups attached to an aromatic ring is 1. The fraction of sp³-hybridized carbons (Fsp3) is 0.200. The molecule has 16 heavy (non-hydrogen) atoms. The maximum atomic E-state index is 13.3. The molecule has 5 nitrogen and oxygen atoms in total. The molecule has 0 unspecified atom stereocenters. The molecule has 0 fully saturated rings. The van der Waals surface area contributed by atoms with Gasteiger partial charge < -0.3 is 10.5 Å². The Kier molecular flexibility index (Phi) is 2.72. The topological polar surface area (TPSA) is 74.2 Å². The second kappa shape index (κ2) is 4.18. The van der Waals surface area contributed by atoms with Gasteiger partial charge in [-0.3, -0.25) is 0 Å². The second-order valence-corrected chi connectivity index (χ2v) is 3.27. The Morgan fingerprint density at radius 2 is 2.25 bits per heavy atom. The van der Waals surface area contributed by atoms with E-state index in [0.29, 0.717) is 17.1 Å². The average Bonchev–Trinajstić information content (AvgIpc) is 2.63. The third-order valence-electron chi connectivity index (χ3n) is 2.07. The van der Waals surface area contributed by atoms with Crippen molar-refractivity contribution in [1.82, 2.24) is 10.3 Å². The number of anilines is 1. The smallest absolute Gasteiger partial charge is 0.167 e. The van der Waals surface area contributed by atoms with E-state index in [9.17, 15) is 4.39 Å². The molecule has 0 spiro atoms. The predicted octanol–water partition coefficient (Wildman–Crippen LogP) is 1.68. The summed E-state index contributed by atoms with van der Waals surface area (Å²) in [7, 11) is 0. The normalized spacial score (nSPS) is 10.4. The van der Waals surface area contributed by atoms with Crippen molar-refractivity contribution in [1.29, 1.82) is 0 Å². The lowest BCUT2D eigenvalue weighted by Crippen LogP contribution is -2.00. The minimum absolute atomic E-state index is 0.107. The Morgan fingerprint density at radius 3 is 2.88 bits per heavy atom. The Labute approximate surface area is 91.0 Å². The number of benzene rings is 1. The van der Waals surface area contributed by atoms with Crippen LogP contribution in [0, 0.1) is 12.7 Å². The van der Waals surface area contributed by atoms with E-state index in [1.165, 1.54) is 12.1 Å². The molecule has 0 saturated heterocycles. The first-order chi connectivity index (χ1) is 7.66. The first kappa shape index (κ1) is 10.4. The largest absolute Gasteiger partial charge is 0.484 e. The Hall–Kier alpha value is -2.11. The summed E-state index contributed by atoms with van der Waals surface area (Å²) in [4.78, 5) is 0. The minimum Gasteiger partial charge on any atom is -0.484 e. The first-order valence-corrected chi connectivity index (χ1v) is 4.62. The number of hydrogen-bond donors (Lipinski definition) is 1. The molecule has 0 bridgehead atoms. The maximum absolute atomic E-state index is 13.3. The highest BCUT2D eigenvalue weighted by Crippen LogP contribution is 2.20. The lowest BCUT2D eigenvalue weighted by molar-refractivity contribution is 0.262. The zero-order valence-electron chi connectivity index (χ0n) is 8.61. The zero-order valence-corrected chi connectivity index (χ0v) is 8.61. The van der Waals surface area contributed by atoms with Crippen LogP contribution >= 0.6 is 0 Å². The molecule has 1 aromatic heterocycles. The van der Waals surface area contributed by atoms with Gasteiger partial charge in [-0.2, -0.15) is 0 Å². The molecule has 84 valence electrons. The number of rotatable bonds is 3. The van der Waals surface area contributed by atoms with Gasteiger partial charge in [0.05, 0.1) is 0 Å². The zero-order chi connectivity index (χ0) is 11.5. The monoisotopic (exact) mass is 223 g/mol. The molecule has 0 radical (unpaired) electrons. The van der Waals surface area contributed by atoms with Crippen molar-refractivity contribution in [3.63, 3.8) is 0 Å². The molecule has 1 heterocycles. The molecule has 2 aromatic rings. The van der Waals surface area contributed by atoms with E-state index in [-0.39, 0.29) is 12.4 Å². The summed E-state index contributed by atoms with van der Waals surface area (Å²) in [6.07, 6.45) is 0. The van der Waals surface area contributed by atoms with Crippen molar-refractivity contribution in [2.24, 2.45) is 0 Å². The molecule has 0 amide bonds. The molecule has 2 rings (SSSR count). The third kappa shape index (κ3) is 2.10. The van der Waals surface area contributed by atoms with Crippen molar-refractivity contribution in [3.05, 3.63) is 35.4 Å². The fourth-order valence-electron chi connectivity index (χ4n) is 1.16. The van der Waals surface area contributed by atoms with Crippen LogP contribution in [0.3, 0.4) is 0 Å². The highest BCUT2D eigenvalue weighted by atomic mass is 19.1. The number of hydrogen-bond acceptors (Lipinski definition) is 5. The summed E-state index contributed by atoms with van der Waals surface area (Å²) in [6, 6.07) is 4.23. The molecular formula is C10H10FN3O2. The number of nitrogens with two attached hydrogens (primary N) is 1. The lowest BCUT2D eigenvalue weighted by Gasteiger charge is -2.05. The molecule has 0 saturated carbocycles. The van der Waals surface area contributed by atoms with Crippen LogP contribution in [0.1, 0.15) is 11.4 Å². The predicted molar refractivity (Wildman–Crippen MR) is 54.2 cm³/mol. The van der Waals surface area contributed by atoms with E-state index in [1.54, 1.807) is 13.0 Å². The highest BCUT2D eigenvalue weighted by Gasteiger charge is 2.08. The second-order valence-electron chi connectivity index (χ2n) is 3.27. The van der Waals surface area contributed by atoms with E-state index < -0.39 is 5.82 Å². The highest BCUT2D eigenvalue weighted by molar-refractivity contribution is 5.42. The van der Waals surface area contributed by atoms with Crippen molar-refractivity contribution >= 4 is 5.69 Å². The standard InChI is InChI=1S/C10H10FN3O2/c1-6-9(14-16-13-6)5-15-10-3-2-7(12)4-8(10)11/h2-4H,5,12H2,1H3. The molecule has 6 heteroatoms. The van der Waals surface area contributed by atoms with Crippen LogP contribution in [-0.4, -0.2) is 10.3 Å². The Bertz CT molecular complexity index is 499. The van der Waals surface area contributed by atoms with Crippen LogP contribution < -0.4 is 10.5 Å². The van der Waals surface area contributed by atoms with Gasteiger partial charge in [-0.25, -0.2) is 9.02 Å². The summed E-state index contributed by atoms with van der Waals surface area (Å²) < 4.78 is 23.0. The van der Waals surface area contributed by atoms with Gasteiger partial charge >= 0.3 is 0 Å². The number of aryl methyl sites for hydroxylation is 1. The van der Waals surface area contributed by atoms with Crippen LogP contribution in [0.2, 0.25) is 0 Å². The third-order valence-corrected chi connectivity index (χ3v) is 2.07. The van der Waals surface area contributed by atoms with Crippen LogP contribution in [0.5, 0.6) is 5.75 Å². The van der Waals surface area contributed by atoms with E-state index in [2.05, 4.69) is 14.9 Å². The van der Waals surface area contributed by atoms with Crippen molar-refractivity contribution in [2.75, 3.05) is 5.73 Å². The minimum atomic E-state index is -0.505. The lowest BCUT2D eigenvalue weighted by atomic mass is 10.3. The molecular weight excluding hydrogens is 213 g/mol. The van der Waals surface area contributed by atoms with Crippen molar-refractivity contribution in [2.45, 2.75) is 13.5 Å². The summed E-state index contributed by atoms with van der Waals surface area (Å²) >= 11 is 0. The number of aromatic nitrogens is 2. The Balaban J connectivity index is 2.08. The van der Waals surface area contributed by atoms with Crippen LogP contribution in [-0.2, 0) is 6.61 Å². The Morgan fingerprint density at radius 1 is 1.44 bits per heavy atom. The number of halogens is 1. The summed E-state index contributed by atoms with van der Waals surface area (Å²) in [5, 5.41) is 7.21. The number of ether oxygens (including phenoxy) is 1. The van der Waals surface area contributed by atoms with Gasteiger partial charge in [0.15, 0.2) is 11.6 Å². The molecule has 2 N–H and O–H groups in total. The SMILES string of the molecule is Cc1nonc1COc1ccc(N)cc1F.